The van der Waals surface area contributed by atoms with Crippen molar-refractivity contribution in [3.05, 3.63) is 6.33 Å². The fraction of sp³-hybridized carbons (Fsp3) is 0. The minimum atomic E-state index is -0.139. The summed E-state index contributed by atoms with van der Waals surface area (Å²) in [6.07, 6.45) is 1.38. The van der Waals surface area contributed by atoms with E-state index in [9.17, 15) is 4.57 Å². The maximum Gasteiger partial charge on any atom is 0.242 e. The highest BCUT2D eigenvalue weighted by Gasteiger charge is 1.87. The number of aromatic amines is 1. The average Bonchev–Trinajstić information content (AvgIpc) is 2.14. The SMILES string of the molecule is O=Pc1nc[nH]n1. The molecule has 0 bridgehead atoms. The molecule has 1 N–H and O–H groups in total. The number of H-pyrrole nitrogens is 1. The number of aromatic nitrogens is 3. The van der Waals surface area contributed by atoms with Gasteiger partial charge in [0, 0.05) is 0 Å². The molecule has 0 radical (unpaired) electrons. The molecule has 0 aliphatic heterocycles. The Bertz CT molecular complexity index is 148. The van der Waals surface area contributed by atoms with E-state index < -0.39 is 0 Å². The van der Waals surface area contributed by atoms with E-state index in [1.165, 1.54) is 6.33 Å². The van der Waals surface area contributed by atoms with Gasteiger partial charge < -0.3 is 0 Å². The third-order valence-electron chi connectivity index (χ3n) is 0.484. The van der Waals surface area contributed by atoms with Crippen LogP contribution in [0.15, 0.2) is 6.33 Å². The molecule has 1 heterocycles. The maximum atomic E-state index is 9.82. The lowest BCUT2D eigenvalue weighted by Crippen LogP contribution is -1.93. The highest BCUT2D eigenvalue weighted by Crippen LogP contribution is 1.81. The van der Waals surface area contributed by atoms with Gasteiger partial charge in [-0.2, -0.15) is 0 Å². The maximum absolute atomic E-state index is 9.82. The third kappa shape index (κ3) is 0.810. The molecule has 0 aromatic carbocycles. The zero-order valence-electron chi connectivity index (χ0n) is 3.33. The van der Waals surface area contributed by atoms with E-state index in [2.05, 4.69) is 15.2 Å². The summed E-state index contributed by atoms with van der Waals surface area (Å²) in [5.74, 6) is 0. The molecular weight excluding hydrogens is 113 g/mol. The van der Waals surface area contributed by atoms with Crippen LogP contribution < -0.4 is 5.57 Å². The van der Waals surface area contributed by atoms with Gasteiger partial charge in [-0.1, -0.05) is 0 Å². The van der Waals surface area contributed by atoms with Crippen LogP contribution in [0.4, 0.5) is 0 Å². The van der Waals surface area contributed by atoms with E-state index in [0.717, 1.165) is 0 Å². The Labute approximate surface area is 41.2 Å². The molecular formula is C2H2N3OP. The van der Waals surface area contributed by atoms with Crippen molar-refractivity contribution in [2.24, 2.45) is 0 Å². The molecule has 1 aromatic heterocycles. The summed E-state index contributed by atoms with van der Waals surface area (Å²) in [4.78, 5) is 3.54. The van der Waals surface area contributed by atoms with Crippen LogP contribution in [0.2, 0.25) is 0 Å². The molecule has 0 aliphatic carbocycles. The van der Waals surface area contributed by atoms with Gasteiger partial charge in [0.2, 0.25) is 14.0 Å². The second-order valence-electron chi connectivity index (χ2n) is 0.890. The normalized spacial score (nSPS) is 9.71. The summed E-state index contributed by atoms with van der Waals surface area (Å²) < 4.78 is 9.82. The summed E-state index contributed by atoms with van der Waals surface area (Å²) in [5.41, 5.74) is 0.292. The summed E-state index contributed by atoms with van der Waals surface area (Å²) >= 11 is 0. The molecule has 0 spiro atoms. The van der Waals surface area contributed by atoms with Gasteiger partial charge in [-0.05, 0) is 0 Å². The number of hydrogen-bond acceptors (Lipinski definition) is 3. The van der Waals surface area contributed by atoms with Gasteiger partial charge in [-0.15, -0.1) is 5.10 Å². The molecule has 0 amide bonds. The predicted molar refractivity (Wildman–Crippen MR) is 23.6 cm³/mol. The van der Waals surface area contributed by atoms with Crippen molar-refractivity contribution in [2.75, 3.05) is 0 Å². The quantitative estimate of drug-likeness (QED) is 0.512. The van der Waals surface area contributed by atoms with Gasteiger partial charge in [-0.25, -0.2) is 4.98 Å². The zero-order chi connectivity index (χ0) is 5.11. The van der Waals surface area contributed by atoms with Crippen LogP contribution in [0.3, 0.4) is 0 Å². The number of nitrogens with zero attached hydrogens (tertiary/aromatic N) is 2. The Morgan fingerprint density at radius 1 is 1.86 bits per heavy atom. The van der Waals surface area contributed by atoms with Gasteiger partial charge in [0.25, 0.3) is 0 Å². The molecule has 0 saturated carbocycles. The number of rotatable bonds is 1. The third-order valence-corrected chi connectivity index (χ3v) is 0.863. The van der Waals surface area contributed by atoms with Gasteiger partial charge in [0.15, 0.2) is 0 Å². The lowest BCUT2D eigenvalue weighted by molar-refractivity contribution is 0.602. The molecule has 0 saturated heterocycles. The second-order valence-corrected chi connectivity index (χ2v) is 1.47. The van der Waals surface area contributed by atoms with E-state index in [-0.39, 0.29) is 8.46 Å². The number of nitrogens with one attached hydrogen (secondary N) is 1. The lowest BCUT2D eigenvalue weighted by atomic mass is 11.3. The van der Waals surface area contributed by atoms with Crippen LogP contribution in [0.25, 0.3) is 0 Å². The van der Waals surface area contributed by atoms with E-state index in [4.69, 9.17) is 0 Å². The van der Waals surface area contributed by atoms with Crippen LogP contribution >= 0.6 is 8.46 Å². The first-order chi connectivity index (χ1) is 3.43. The van der Waals surface area contributed by atoms with Crippen molar-refractivity contribution >= 4 is 14.0 Å². The van der Waals surface area contributed by atoms with E-state index in [1.54, 1.807) is 0 Å². The molecule has 1 aromatic rings. The Morgan fingerprint density at radius 2 is 2.71 bits per heavy atom. The van der Waals surface area contributed by atoms with Crippen LogP contribution in [0.5, 0.6) is 0 Å². The molecule has 5 heteroatoms. The van der Waals surface area contributed by atoms with Crippen molar-refractivity contribution in [3.63, 3.8) is 0 Å². The van der Waals surface area contributed by atoms with Gasteiger partial charge >= 0.3 is 0 Å². The first kappa shape index (κ1) is 4.40. The minimum Gasteiger partial charge on any atom is -0.266 e. The molecule has 1 rings (SSSR count). The van der Waals surface area contributed by atoms with Gasteiger partial charge in [0.05, 0.1) is 0 Å². The average molecular weight is 115 g/mol. The van der Waals surface area contributed by atoms with Crippen molar-refractivity contribution in [1.82, 2.24) is 15.2 Å². The van der Waals surface area contributed by atoms with Crippen molar-refractivity contribution < 1.29 is 4.57 Å². The topological polar surface area (TPSA) is 58.6 Å². The van der Waals surface area contributed by atoms with E-state index in [1.807, 2.05) is 0 Å². The largest absolute Gasteiger partial charge is 0.266 e. The van der Waals surface area contributed by atoms with Crippen molar-refractivity contribution in [3.8, 4) is 0 Å². The van der Waals surface area contributed by atoms with Gasteiger partial charge in [0.1, 0.15) is 6.33 Å². The summed E-state index contributed by atoms with van der Waals surface area (Å²) in [6.45, 7) is 0. The summed E-state index contributed by atoms with van der Waals surface area (Å²) in [7, 11) is -0.139. The standard InChI is InChI=1S/C2H2N3OP/c6-7-2-3-1-4-5-2/h1H,(H,3,4,5). The Balaban J connectivity index is 2.96. The summed E-state index contributed by atoms with van der Waals surface area (Å²) in [6, 6.07) is 0. The fourth-order valence-electron chi connectivity index (χ4n) is 0.246. The van der Waals surface area contributed by atoms with Crippen LogP contribution in [-0.4, -0.2) is 15.2 Å². The Hall–Kier alpha value is -0.760. The molecule has 0 fully saturated rings. The van der Waals surface area contributed by atoms with Crippen LogP contribution in [0.1, 0.15) is 0 Å². The molecule has 0 unspecified atom stereocenters. The second kappa shape index (κ2) is 1.80. The monoisotopic (exact) mass is 115 g/mol. The number of hydrogen-bond donors (Lipinski definition) is 1. The molecule has 0 aliphatic rings. The van der Waals surface area contributed by atoms with E-state index in [0.29, 0.717) is 5.57 Å². The lowest BCUT2D eigenvalue weighted by Gasteiger charge is -1.61. The van der Waals surface area contributed by atoms with Crippen molar-refractivity contribution in [1.29, 1.82) is 0 Å². The fourth-order valence-corrected chi connectivity index (χ4v) is 0.449. The van der Waals surface area contributed by atoms with Crippen molar-refractivity contribution in [2.45, 2.75) is 0 Å². The molecule has 36 valence electrons. The highest BCUT2D eigenvalue weighted by atomic mass is 31.1. The van der Waals surface area contributed by atoms with Crippen LogP contribution in [-0.2, 0) is 4.57 Å². The first-order valence-electron chi connectivity index (χ1n) is 1.62. The molecule has 0 atom stereocenters. The molecule has 4 nitrogen and oxygen atoms in total. The zero-order valence-corrected chi connectivity index (χ0v) is 4.22. The van der Waals surface area contributed by atoms with Crippen LogP contribution in [0, 0.1) is 0 Å². The minimum absolute atomic E-state index is 0.139. The summed E-state index contributed by atoms with van der Waals surface area (Å²) in [5, 5.41) is 5.89. The highest BCUT2D eigenvalue weighted by molar-refractivity contribution is 7.33. The van der Waals surface area contributed by atoms with Gasteiger partial charge in [-0.3, -0.25) is 9.66 Å². The first-order valence-corrected chi connectivity index (χ1v) is 2.44. The predicted octanol–water partition coefficient (Wildman–Crippen LogP) is -0.278. The Kier molecular flexibility index (Phi) is 1.13. The molecule has 7 heavy (non-hydrogen) atoms. The van der Waals surface area contributed by atoms with E-state index >= 15 is 0 Å². The smallest absolute Gasteiger partial charge is 0.242 e. The Morgan fingerprint density at radius 3 is 3.00 bits per heavy atom.